The van der Waals surface area contributed by atoms with Gasteiger partial charge in [0.25, 0.3) is 5.91 Å². The lowest BCUT2D eigenvalue weighted by atomic mass is 9.89. The Morgan fingerprint density at radius 3 is 2.69 bits per heavy atom. The lowest BCUT2D eigenvalue weighted by Gasteiger charge is -2.33. The van der Waals surface area contributed by atoms with Crippen molar-refractivity contribution in [2.45, 2.75) is 39.2 Å². The smallest absolute Gasteiger partial charge is 0.274 e. The molecule has 2 aliphatic rings. The van der Waals surface area contributed by atoms with Crippen molar-refractivity contribution in [3.8, 4) is 0 Å². The highest BCUT2D eigenvalue weighted by atomic mass is 16.2. The predicted octanol–water partition coefficient (Wildman–Crippen LogP) is 2.70. The van der Waals surface area contributed by atoms with Crippen LogP contribution in [0.4, 0.5) is 0 Å². The summed E-state index contributed by atoms with van der Waals surface area (Å²) in [5, 5.41) is 0. The van der Waals surface area contributed by atoms with Gasteiger partial charge in [-0.2, -0.15) is 0 Å². The number of aromatic nitrogens is 2. The summed E-state index contributed by atoms with van der Waals surface area (Å²) in [6.45, 7) is 9.87. The molecule has 0 bridgehead atoms. The minimum atomic E-state index is 0.0927. The van der Waals surface area contributed by atoms with E-state index in [0.717, 1.165) is 57.9 Å². The minimum absolute atomic E-state index is 0.0927. The zero-order valence-corrected chi connectivity index (χ0v) is 15.8. The first-order valence-electron chi connectivity index (χ1n) is 9.79. The second kappa shape index (κ2) is 7.23. The fourth-order valence-electron chi connectivity index (χ4n) is 4.27. The molecule has 0 N–H and O–H groups in total. The van der Waals surface area contributed by atoms with Gasteiger partial charge in [0.05, 0.1) is 0 Å². The van der Waals surface area contributed by atoms with E-state index in [-0.39, 0.29) is 5.91 Å². The molecule has 1 fully saturated rings. The molecule has 4 rings (SSSR count). The highest BCUT2D eigenvalue weighted by molar-refractivity contribution is 5.92. The van der Waals surface area contributed by atoms with Gasteiger partial charge in [-0.25, -0.2) is 4.98 Å². The van der Waals surface area contributed by atoms with Crippen LogP contribution in [0.1, 0.15) is 46.7 Å². The molecule has 26 heavy (non-hydrogen) atoms. The first kappa shape index (κ1) is 17.3. The molecule has 1 atom stereocenters. The topological polar surface area (TPSA) is 41.4 Å². The zero-order valence-electron chi connectivity index (χ0n) is 15.8. The van der Waals surface area contributed by atoms with Gasteiger partial charge in [-0.1, -0.05) is 31.2 Å². The van der Waals surface area contributed by atoms with Gasteiger partial charge in [-0.05, 0) is 31.0 Å². The van der Waals surface area contributed by atoms with E-state index in [0.29, 0.717) is 11.6 Å². The summed E-state index contributed by atoms with van der Waals surface area (Å²) in [6, 6.07) is 8.64. The van der Waals surface area contributed by atoms with Gasteiger partial charge < -0.3 is 14.4 Å². The van der Waals surface area contributed by atoms with E-state index in [2.05, 4.69) is 52.6 Å². The molecule has 0 saturated carbocycles. The molecule has 5 heteroatoms. The minimum Gasteiger partial charge on any atom is -0.335 e. The van der Waals surface area contributed by atoms with Crippen LogP contribution in [-0.2, 0) is 13.0 Å². The molecule has 1 amide bonds. The second-order valence-corrected chi connectivity index (χ2v) is 7.51. The third-order valence-corrected chi connectivity index (χ3v) is 5.95. The standard InChI is InChI=1S/C21H28N4O/c1-3-23-10-12-24(13-11-23)21(26)19-15-25-14-17(8-9-20(25)22-19)18-7-5-4-6-16(18)2/h4-7,15,17H,3,8-14H2,1-2H3/t17-/m1/s1. The van der Waals surface area contributed by atoms with Crippen molar-refractivity contribution in [1.29, 1.82) is 0 Å². The molecule has 5 nitrogen and oxygen atoms in total. The van der Waals surface area contributed by atoms with Crippen molar-refractivity contribution >= 4 is 5.91 Å². The third-order valence-electron chi connectivity index (χ3n) is 5.95. The Morgan fingerprint density at radius 1 is 1.19 bits per heavy atom. The molecule has 0 aliphatic carbocycles. The van der Waals surface area contributed by atoms with E-state index in [1.807, 2.05) is 11.1 Å². The van der Waals surface area contributed by atoms with Crippen LogP contribution >= 0.6 is 0 Å². The summed E-state index contributed by atoms with van der Waals surface area (Å²) in [5.74, 6) is 1.66. The lowest BCUT2D eigenvalue weighted by Crippen LogP contribution is -2.48. The molecule has 3 heterocycles. The van der Waals surface area contributed by atoms with Crippen LogP contribution in [0.25, 0.3) is 0 Å². The number of likely N-dealkylation sites (N-methyl/N-ethyl adjacent to an activating group) is 1. The summed E-state index contributed by atoms with van der Waals surface area (Å²) in [6.07, 6.45) is 4.02. The van der Waals surface area contributed by atoms with E-state index in [1.54, 1.807) is 0 Å². The summed E-state index contributed by atoms with van der Waals surface area (Å²) < 4.78 is 2.20. The van der Waals surface area contributed by atoms with Gasteiger partial charge in [-0.3, -0.25) is 4.79 Å². The van der Waals surface area contributed by atoms with Crippen LogP contribution in [0.2, 0.25) is 0 Å². The molecule has 1 saturated heterocycles. The van der Waals surface area contributed by atoms with Gasteiger partial charge >= 0.3 is 0 Å². The average Bonchev–Trinajstić information content (AvgIpc) is 3.11. The van der Waals surface area contributed by atoms with Gasteiger partial charge in [0, 0.05) is 51.3 Å². The molecule has 2 aliphatic heterocycles. The van der Waals surface area contributed by atoms with E-state index in [9.17, 15) is 4.79 Å². The first-order chi connectivity index (χ1) is 12.7. The van der Waals surface area contributed by atoms with Crippen molar-refractivity contribution in [2.75, 3.05) is 32.7 Å². The van der Waals surface area contributed by atoms with Crippen LogP contribution in [0.5, 0.6) is 0 Å². The van der Waals surface area contributed by atoms with Crippen LogP contribution in [0.3, 0.4) is 0 Å². The van der Waals surface area contributed by atoms with Gasteiger partial charge in [0.15, 0.2) is 0 Å². The Kier molecular flexibility index (Phi) is 4.81. The van der Waals surface area contributed by atoms with Crippen LogP contribution < -0.4 is 0 Å². The number of piperazine rings is 1. The highest BCUT2D eigenvalue weighted by Gasteiger charge is 2.27. The molecule has 1 aromatic carbocycles. The summed E-state index contributed by atoms with van der Waals surface area (Å²) in [5.41, 5.74) is 3.40. The Morgan fingerprint density at radius 2 is 1.96 bits per heavy atom. The largest absolute Gasteiger partial charge is 0.335 e. The second-order valence-electron chi connectivity index (χ2n) is 7.51. The number of benzene rings is 1. The van der Waals surface area contributed by atoms with E-state index in [4.69, 9.17) is 0 Å². The first-order valence-corrected chi connectivity index (χ1v) is 9.79. The molecule has 0 unspecified atom stereocenters. The van der Waals surface area contributed by atoms with Crippen molar-refractivity contribution in [3.63, 3.8) is 0 Å². The summed E-state index contributed by atoms with van der Waals surface area (Å²) >= 11 is 0. The number of hydrogen-bond donors (Lipinski definition) is 0. The fourth-order valence-corrected chi connectivity index (χ4v) is 4.27. The van der Waals surface area contributed by atoms with Gasteiger partial charge in [0.2, 0.25) is 0 Å². The SMILES string of the molecule is CCN1CCN(C(=O)c2cn3c(n2)CC[C@@H](c2ccccc2C)C3)CC1. The maximum atomic E-state index is 12.8. The number of hydrogen-bond acceptors (Lipinski definition) is 3. The quantitative estimate of drug-likeness (QED) is 0.853. The fraction of sp³-hybridized carbons (Fsp3) is 0.524. The number of nitrogens with zero attached hydrogens (tertiary/aromatic N) is 4. The molecule has 0 radical (unpaired) electrons. The number of rotatable bonds is 3. The number of fused-ring (bicyclic) bond motifs is 1. The zero-order chi connectivity index (χ0) is 18.1. The summed E-state index contributed by atoms with van der Waals surface area (Å²) in [7, 11) is 0. The van der Waals surface area contributed by atoms with Crippen LogP contribution in [-0.4, -0.2) is 58.0 Å². The number of imidazole rings is 1. The normalized spacial score (nSPS) is 20.8. The Bertz CT molecular complexity index is 789. The van der Waals surface area contributed by atoms with Crippen molar-refractivity contribution in [3.05, 3.63) is 53.1 Å². The Labute approximate surface area is 155 Å². The molecule has 1 aromatic heterocycles. The van der Waals surface area contributed by atoms with E-state index >= 15 is 0 Å². The monoisotopic (exact) mass is 352 g/mol. The lowest BCUT2D eigenvalue weighted by molar-refractivity contribution is 0.0638. The predicted molar refractivity (Wildman–Crippen MR) is 102 cm³/mol. The number of aryl methyl sites for hydroxylation is 2. The van der Waals surface area contributed by atoms with Crippen molar-refractivity contribution in [2.24, 2.45) is 0 Å². The molecular formula is C21H28N4O. The number of carbonyl (C=O) groups excluding carboxylic acids is 1. The average molecular weight is 352 g/mol. The molecule has 2 aromatic rings. The summed E-state index contributed by atoms with van der Waals surface area (Å²) in [4.78, 5) is 21.9. The number of carbonyl (C=O) groups is 1. The molecule has 0 spiro atoms. The van der Waals surface area contributed by atoms with E-state index in [1.165, 1.54) is 11.1 Å². The van der Waals surface area contributed by atoms with E-state index < -0.39 is 0 Å². The van der Waals surface area contributed by atoms with Crippen molar-refractivity contribution < 1.29 is 4.79 Å². The number of amides is 1. The highest BCUT2D eigenvalue weighted by Crippen LogP contribution is 2.30. The molecule has 138 valence electrons. The maximum absolute atomic E-state index is 12.8. The van der Waals surface area contributed by atoms with Gasteiger partial charge in [-0.15, -0.1) is 0 Å². The Hall–Kier alpha value is -2.14. The van der Waals surface area contributed by atoms with Crippen LogP contribution in [0, 0.1) is 6.92 Å². The molecular weight excluding hydrogens is 324 g/mol. The Balaban J connectivity index is 1.48. The van der Waals surface area contributed by atoms with Crippen LogP contribution in [0.15, 0.2) is 30.5 Å². The third kappa shape index (κ3) is 3.28. The maximum Gasteiger partial charge on any atom is 0.274 e. The van der Waals surface area contributed by atoms with Gasteiger partial charge in [0.1, 0.15) is 11.5 Å². The van der Waals surface area contributed by atoms with Crippen molar-refractivity contribution in [1.82, 2.24) is 19.4 Å².